The van der Waals surface area contributed by atoms with Gasteiger partial charge in [-0.25, -0.2) is 18.4 Å². The van der Waals surface area contributed by atoms with Gasteiger partial charge in [0.15, 0.2) is 15.7 Å². The van der Waals surface area contributed by atoms with Gasteiger partial charge in [0.1, 0.15) is 10.6 Å². The Morgan fingerprint density at radius 2 is 2.13 bits per heavy atom. The van der Waals surface area contributed by atoms with E-state index in [0.29, 0.717) is 44.1 Å². The van der Waals surface area contributed by atoms with E-state index in [1.54, 1.807) is 6.20 Å². The number of anilines is 1. The molecule has 0 saturated carbocycles. The molecule has 0 bridgehead atoms. The lowest BCUT2D eigenvalue weighted by Gasteiger charge is -2.35. The Morgan fingerprint density at radius 3 is 2.90 bits per heavy atom. The summed E-state index contributed by atoms with van der Waals surface area (Å²) in [7, 11) is -3.27. The molecule has 2 aliphatic heterocycles. The maximum atomic E-state index is 13.0. The molecule has 0 radical (unpaired) electrons. The van der Waals surface area contributed by atoms with Gasteiger partial charge >= 0.3 is 0 Å². The number of pyridine rings is 1. The van der Waals surface area contributed by atoms with Crippen LogP contribution in [0.3, 0.4) is 0 Å². The molecule has 0 spiro atoms. The van der Waals surface area contributed by atoms with Crippen LogP contribution in [-0.2, 0) is 25.7 Å². The van der Waals surface area contributed by atoms with Crippen molar-refractivity contribution in [2.45, 2.75) is 43.9 Å². The van der Waals surface area contributed by atoms with Gasteiger partial charge in [-0.15, -0.1) is 0 Å². The van der Waals surface area contributed by atoms with Crippen LogP contribution in [-0.4, -0.2) is 54.9 Å². The summed E-state index contributed by atoms with van der Waals surface area (Å²) in [6, 6.07) is 2.03. The fourth-order valence-electron chi connectivity index (χ4n) is 4.66. The van der Waals surface area contributed by atoms with Crippen molar-refractivity contribution in [1.82, 2.24) is 15.0 Å². The van der Waals surface area contributed by atoms with Crippen molar-refractivity contribution >= 4 is 21.7 Å². The fraction of sp³-hybridized carbons (Fsp3) is 0.500. The van der Waals surface area contributed by atoms with Crippen molar-refractivity contribution in [3.8, 4) is 11.4 Å². The highest BCUT2D eigenvalue weighted by Crippen LogP contribution is 2.42. The van der Waals surface area contributed by atoms with Crippen LogP contribution in [0.15, 0.2) is 24.5 Å². The number of ether oxygens (including phenoxy) is 1. The van der Waals surface area contributed by atoms with Crippen molar-refractivity contribution in [3.63, 3.8) is 0 Å². The van der Waals surface area contributed by atoms with Crippen LogP contribution in [0, 0.1) is 0 Å². The molecule has 3 aliphatic rings. The largest absolute Gasteiger partial charge is 0.377 e. The first-order valence-electron chi connectivity index (χ1n) is 10.5. The second-order valence-corrected chi connectivity index (χ2v) is 11.1. The van der Waals surface area contributed by atoms with Crippen LogP contribution in [0.5, 0.6) is 0 Å². The van der Waals surface area contributed by atoms with Gasteiger partial charge in [0.25, 0.3) is 0 Å². The lowest BCUT2D eigenvalue weighted by molar-refractivity contribution is 0.0985. The minimum Gasteiger partial charge on any atom is -0.377 e. The van der Waals surface area contributed by atoms with Crippen LogP contribution in [0.25, 0.3) is 17.5 Å². The number of sulfone groups is 1. The second-order valence-electron chi connectivity index (χ2n) is 8.57. The number of rotatable bonds is 3. The summed E-state index contributed by atoms with van der Waals surface area (Å²) in [4.78, 5) is 16.3. The van der Waals surface area contributed by atoms with E-state index in [0.717, 1.165) is 28.9 Å². The Kier molecular flexibility index (Phi) is 4.67. The molecule has 0 N–H and O–H groups in total. The Morgan fingerprint density at radius 1 is 1.27 bits per heavy atom. The normalized spacial score (nSPS) is 27.4. The van der Waals surface area contributed by atoms with Crippen LogP contribution in [0.1, 0.15) is 43.5 Å². The summed E-state index contributed by atoms with van der Waals surface area (Å²) in [5.41, 5.74) is 3.65. The number of aromatic nitrogens is 3. The molecule has 2 saturated heterocycles. The summed E-state index contributed by atoms with van der Waals surface area (Å²) in [5.74, 6) is 1.51. The molecular weight excluding hydrogens is 400 g/mol. The lowest BCUT2D eigenvalue weighted by Crippen LogP contribution is -2.44. The Balaban J connectivity index is 1.71. The summed E-state index contributed by atoms with van der Waals surface area (Å²) < 4.78 is 30.5. The Labute approximate surface area is 177 Å². The van der Waals surface area contributed by atoms with Crippen LogP contribution in [0.4, 0.5) is 5.82 Å². The molecular formula is C22H26N4O3S. The van der Waals surface area contributed by atoms with E-state index in [9.17, 15) is 8.42 Å². The average molecular weight is 427 g/mol. The van der Waals surface area contributed by atoms with E-state index in [-0.39, 0.29) is 11.8 Å². The zero-order valence-electron chi connectivity index (χ0n) is 17.3. The molecule has 2 fully saturated rings. The van der Waals surface area contributed by atoms with Crippen molar-refractivity contribution in [1.29, 1.82) is 0 Å². The highest BCUT2D eigenvalue weighted by Gasteiger charge is 2.47. The quantitative estimate of drug-likeness (QED) is 0.746. The Bertz CT molecular complexity index is 1130. The van der Waals surface area contributed by atoms with Crippen LogP contribution < -0.4 is 4.90 Å². The van der Waals surface area contributed by atoms with E-state index >= 15 is 0 Å². The molecule has 30 heavy (non-hydrogen) atoms. The zero-order valence-corrected chi connectivity index (χ0v) is 18.2. The highest BCUT2D eigenvalue weighted by molar-refractivity contribution is 7.92. The van der Waals surface area contributed by atoms with Crippen LogP contribution in [0.2, 0.25) is 0 Å². The molecule has 158 valence electrons. The predicted molar refractivity (Wildman–Crippen MR) is 116 cm³/mol. The molecule has 1 aliphatic carbocycles. The third-order valence-corrected chi connectivity index (χ3v) is 9.22. The standard InChI is InChI=1S/C22H26N4O3S/c1-15-14-29-9-8-26(15)20-11-19(22(2)7-4-10-30(22,27)28)24-21(25-20)18-13-23-12-16-5-3-6-17(16)18/h3,6,11-13,15H,4-5,7-10,14H2,1-2H3/t15-,22-/m1/s1. The maximum absolute atomic E-state index is 13.0. The molecule has 0 aromatic carbocycles. The van der Waals surface area contributed by atoms with Crippen molar-refractivity contribution in [3.05, 3.63) is 41.4 Å². The number of fused-ring (bicyclic) bond motifs is 1. The SMILES string of the molecule is C[C@@H]1COCCN1c1cc([C@@]2(C)CCCS2(=O)=O)nc(-c2cncc3c2C=CC3)n1. The van der Waals surface area contributed by atoms with Gasteiger partial charge in [-0.05, 0) is 44.2 Å². The monoisotopic (exact) mass is 426 g/mol. The summed E-state index contributed by atoms with van der Waals surface area (Å²) in [6.45, 7) is 5.86. The molecule has 0 unspecified atom stereocenters. The summed E-state index contributed by atoms with van der Waals surface area (Å²) >= 11 is 0. The maximum Gasteiger partial charge on any atom is 0.163 e. The van der Waals surface area contributed by atoms with E-state index in [2.05, 4.69) is 29.0 Å². The zero-order chi connectivity index (χ0) is 20.9. The van der Waals surface area contributed by atoms with E-state index < -0.39 is 14.6 Å². The Hall–Kier alpha value is -2.32. The smallest absolute Gasteiger partial charge is 0.163 e. The van der Waals surface area contributed by atoms with Crippen LogP contribution >= 0.6 is 0 Å². The number of morpholine rings is 1. The highest BCUT2D eigenvalue weighted by atomic mass is 32.2. The third-order valence-electron chi connectivity index (χ3n) is 6.60. The summed E-state index contributed by atoms with van der Waals surface area (Å²) in [5, 5.41) is 0. The summed E-state index contributed by atoms with van der Waals surface area (Å²) in [6.07, 6.45) is 9.92. The number of hydrogen-bond acceptors (Lipinski definition) is 7. The number of nitrogens with zero attached hydrogens (tertiary/aromatic N) is 4. The first kappa shape index (κ1) is 19.6. The molecule has 2 atom stereocenters. The molecule has 5 rings (SSSR count). The number of hydrogen-bond donors (Lipinski definition) is 0. The van der Waals surface area contributed by atoms with Gasteiger partial charge in [0.05, 0.1) is 30.7 Å². The van der Waals surface area contributed by atoms with Crippen molar-refractivity contribution < 1.29 is 13.2 Å². The molecule has 2 aromatic rings. The fourth-order valence-corrected chi connectivity index (χ4v) is 6.52. The third kappa shape index (κ3) is 3.04. The lowest BCUT2D eigenvalue weighted by atomic mass is 10.00. The van der Waals surface area contributed by atoms with Crippen molar-refractivity contribution in [2.24, 2.45) is 0 Å². The molecule has 2 aromatic heterocycles. The van der Waals surface area contributed by atoms with E-state index in [1.807, 2.05) is 19.2 Å². The topological polar surface area (TPSA) is 85.3 Å². The van der Waals surface area contributed by atoms with Crippen molar-refractivity contribution in [2.75, 3.05) is 30.4 Å². The van der Waals surface area contributed by atoms with E-state index in [1.165, 1.54) is 0 Å². The second kappa shape index (κ2) is 7.13. The van der Waals surface area contributed by atoms with Gasteiger partial charge in [0.2, 0.25) is 0 Å². The molecule has 4 heterocycles. The van der Waals surface area contributed by atoms with Gasteiger partial charge in [-0.3, -0.25) is 4.98 Å². The minimum absolute atomic E-state index is 0.154. The minimum atomic E-state index is -3.27. The molecule has 7 nitrogen and oxygen atoms in total. The van der Waals surface area contributed by atoms with Gasteiger partial charge < -0.3 is 9.64 Å². The molecule has 0 amide bonds. The van der Waals surface area contributed by atoms with Gasteiger partial charge in [-0.2, -0.15) is 0 Å². The first-order chi connectivity index (χ1) is 14.4. The predicted octanol–water partition coefficient (Wildman–Crippen LogP) is 2.76. The van der Waals surface area contributed by atoms with E-state index in [4.69, 9.17) is 14.7 Å². The molecule has 8 heteroatoms. The average Bonchev–Trinajstić information content (AvgIpc) is 3.32. The van der Waals surface area contributed by atoms with Gasteiger partial charge in [0, 0.05) is 30.6 Å². The first-order valence-corrected chi connectivity index (χ1v) is 12.1. The van der Waals surface area contributed by atoms with Gasteiger partial charge in [-0.1, -0.05) is 12.2 Å². The number of allylic oxidation sites excluding steroid dienone is 1.